The number of carbonyl (C=O) groups excluding carboxylic acids is 3. The number of benzene rings is 2. The second kappa shape index (κ2) is 16.1. The number of carbonyl (C=O) groups is 3. The van der Waals surface area contributed by atoms with E-state index in [2.05, 4.69) is 6.58 Å². The normalized spacial score (nSPS) is 22.2. The first kappa shape index (κ1) is 33.7. The molecular formula is C30H34Cl3NO8. The molecule has 0 spiro atoms. The van der Waals surface area contributed by atoms with E-state index in [4.69, 9.17) is 58.5 Å². The molecule has 5 atom stereocenters. The molecule has 0 saturated carbocycles. The van der Waals surface area contributed by atoms with Gasteiger partial charge in [-0.05, 0) is 17.5 Å². The zero-order valence-electron chi connectivity index (χ0n) is 23.3. The Kier molecular flexibility index (Phi) is 12.9. The first-order chi connectivity index (χ1) is 20.0. The van der Waals surface area contributed by atoms with Crippen LogP contribution in [0.15, 0.2) is 73.3 Å². The summed E-state index contributed by atoms with van der Waals surface area (Å²) in [5, 5.41) is 0. The number of hydrogen-bond acceptors (Lipinski definition) is 8. The van der Waals surface area contributed by atoms with Crippen LogP contribution in [0.1, 0.15) is 31.4 Å². The Morgan fingerprint density at radius 3 is 1.86 bits per heavy atom. The lowest BCUT2D eigenvalue weighted by atomic mass is 9.86. The van der Waals surface area contributed by atoms with Gasteiger partial charge >= 0.3 is 18.0 Å². The van der Waals surface area contributed by atoms with Gasteiger partial charge in [-0.15, -0.1) is 6.58 Å². The summed E-state index contributed by atoms with van der Waals surface area (Å²) < 4.78 is 27.4. The van der Waals surface area contributed by atoms with Crippen LogP contribution in [-0.2, 0) is 46.5 Å². The molecule has 2 aromatic carbocycles. The average Bonchev–Trinajstić information content (AvgIpc) is 2.93. The molecule has 9 nitrogen and oxygen atoms in total. The number of alkyl halides is 3. The number of rotatable bonds is 12. The maximum atomic E-state index is 13.6. The third-order valence-electron chi connectivity index (χ3n) is 6.39. The minimum Gasteiger partial charge on any atom is -0.457 e. The first-order valence-electron chi connectivity index (χ1n) is 13.2. The van der Waals surface area contributed by atoms with Gasteiger partial charge in [0.15, 0.2) is 12.2 Å². The van der Waals surface area contributed by atoms with E-state index in [1.165, 1.54) is 18.7 Å². The van der Waals surface area contributed by atoms with E-state index in [1.54, 1.807) is 6.08 Å². The number of esters is 2. The predicted molar refractivity (Wildman–Crippen MR) is 158 cm³/mol. The van der Waals surface area contributed by atoms with Crippen LogP contribution in [-0.4, -0.2) is 70.3 Å². The molecule has 0 aromatic heterocycles. The van der Waals surface area contributed by atoms with Crippen LogP contribution in [0.2, 0.25) is 0 Å². The molecule has 0 radical (unpaired) electrons. The molecule has 228 valence electrons. The molecule has 0 aliphatic carbocycles. The Bertz CT molecular complexity index is 1180. The van der Waals surface area contributed by atoms with Crippen LogP contribution in [0.3, 0.4) is 0 Å². The van der Waals surface area contributed by atoms with E-state index in [-0.39, 0.29) is 26.2 Å². The average molecular weight is 643 g/mol. The fourth-order valence-corrected chi connectivity index (χ4v) is 4.94. The van der Waals surface area contributed by atoms with Crippen molar-refractivity contribution in [3.63, 3.8) is 0 Å². The van der Waals surface area contributed by atoms with Crippen molar-refractivity contribution < 1.29 is 38.1 Å². The summed E-state index contributed by atoms with van der Waals surface area (Å²) in [6.45, 7) is 5.95. The number of ether oxygens (including phenoxy) is 5. The van der Waals surface area contributed by atoms with Gasteiger partial charge in [-0.25, -0.2) is 4.79 Å². The molecule has 2 aromatic rings. The van der Waals surface area contributed by atoms with E-state index in [0.29, 0.717) is 0 Å². The molecule has 1 fully saturated rings. The third kappa shape index (κ3) is 10.2. The molecule has 0 bridgehead atoms. The number of halogens is 3. The number of hydrogen-bond donors (Lipinski definition) is 0. The number of piperidine rings is 1. The molecular weight excluding hydrogens is 609 g/mol. The molecule has 3 rings (SSSR count). The molecule has 1 aliphatic rings. The Morgan fingerprint density at radius 2 is 1.36 bits per heavy atom. The maximum Gasteiger partial charge on any atom is 0.410 e. The Balaban J connectivity index is 2.05. The zero-order chi connectivity index (χ0) is 30.7. The van der Waals surface area contributed by atoms with Gasteiger partial charge in [0.1, 0.15) is 12.7 Å². The zero-order valence-corrected chi connectivity index (χ0v) is 25.6. The smallest absolute Gasteiger partial charge is 0.410 e. The number of nitrogens with zero attached hydrogens (tertiary/aromatic N) is 1. The minimum absolute atomic E-state index is 0.0959. The highest BCUT2D eigenvalue weighted by Crippen LogP contribution is 2.35. The molecule has 0 unspecified atom stereocenters. The highest BCUT2D eigenvalue weighted by atomic mass is 35.6. The van der Waals surface area contributed by atoms with Gasteiger partial charge in [0.05, 0.1) is 31.9 Å². The van der Waals surface area contributed by atoms with Crippen LogP contribution in [0, 0.1) is 0 Å². The monoisotopic (exact) mass is 641 g/mol. The van der Waals surface area contributed by atoms with Gasteiger partial charge in [-0.1, -0.05) is 102 Å². The Morgan fingerprint density at radius 1 is 0.833 bits per heavy atom. The second-order valence-corrected chi connectivity index (χ2v) is 12.2. The van der Waals surface area contributed by atoms with Crippen molar-refractivity contribution in [3.8, 4) is 0 Å². The third-order valence-corrected chi connectivity index (χ3v) is 6.72. The minimum atomic E-state index is -1.88. The van der Waals surface area contributed by atoms with E-state index in [1.807, 2.05) is 60.7 Å². The van der Waals surface area contributed by atoms with Crippen LogP contribution in [0.5, 0.6) is 0 Å². The fraction of sp³-hybridized carbons (Fsp3) is 0.433. The SMILES string of the molecule is C=CC[C@@H]1[C@H](OC(C)=O)[C@@H](OCc2ccccc2)[C@H](OC(C)=O)[C@@H](COCc2ccccc2)N1C(=O)OCC(Cl)(Cl)Cl. The summed E-state index contributed by atoms with van der Waals surface area (Å²) in [5.41, 5.74) is 1.72. The predicted octanol–water partition coefficient (Wildman–Crippen LogP) is 5.79. The van der Waals surface area contributed by atoms with Crippen molar-refractivity contribution >= 4 is 52.8 Å². The topological polar surface area (TPSA) is 101 Å². The Hall–Kier alpha value is -2.82. The summed E-state index contributed by atoms with van der Waals surface area (Å²) >= 11 is 17.6. The highest BCUT2D eigenvalue weighted by molar-refractivity contribution is 6.67. The van der Waals surface area contributed by atoms with E-state index in [0.717, 1.165) is 11.1 Å². The lowest BCUT2D eigenvalue weighted by Crippen LogP contribution is -2.70. The van der Waals surface area contributed by atoms with Gasteiger partial charge in [0, 0.05) is 13.8 Å². The molecule has 1 heterocycles. The van der Waals surface area contributed by atoms with Gasteiger partial charge in [-0.2, -0.15) is 0 Å². The lowest BCUT2D eigenvalue weighted by Gasteiger charge is -2.51. The van der Waals surface area contributed by atoms with Crippen molar-refractivity contribution in [2.75, 3.05) is 13.2 Å². The summed E-state index contributed by atoms with van der Waals surface area (Å²) in [6, 6.07) is 16.9. The van der Waals surface area contributed by atoms with Crippen molar-refractivity contribution in [3.05, 3.63) is 84.4 Å². The van der Waals surface area contributed by atoms with Crippen LogP contribution in [0.4, 0.5) is 4.79 Å². The second-order valence-electron chi connectivity index (χ2n) is 9.65. The summed E-state index contributed by atoms with van der Waals surface area (Å²) in [7, 11) is 0. The molecule has 1 amide bonds. The van der Waals surface area contributed by atoms with E-state index < -0.39 is 58.8 Å². The van der Waals surface area contributed by atoms with Crippen molar-refractivity contribution in [1.29, 1.82) is 0 Å². The quantitative estimate of drug-likeness (QED) is 0.124. The molecule has 12 heteroatoms. The summed E-state index contributed by atoms with van der Waals surface area (Å²) in [6.07, 6.45) is -2.37. The molecule has 1 saturated heterocycles. The summed E-state index contributed by atoms with van der Waals surface area (Å²) in [5.74, 6) is -1.27. The maximum absolute atomic E-state index is 13.6. The standard InChI is InChI=1S/C30H34Cl3NO8/c1-4-11-24-26(41-20(2)35)28(39-17-23-14-9-6-10-15-23)27(42-21(3)36)25(18-38-16-22-12-7-5-8-13-22)34(24)29(37)40-19-30(31,32)33/h4-10,12-15,24-28H,1,11,16-19H2,2-3H3/t24-,25-,26+,27-,28-/m1/s1. The van der Waals surface area contributed by atoms with Crippen molar-refractivity contribution in [2.45, 2.75) is 67.7 Å². The van der Waals surface area contributed by atoms with Crippen LogP contribution >= 0.6 is 34.8 Å². The van der Waals surface area contributed by atoms with Crippen molar-refractivity contribution in [1.82, 2.24) is 4.90 Å². The number of amides is 1. The lowest BCUT2D eigenvalue weighted by molar-refractivity contribution is -0.216. The Labute approximate surface area is 260 Å². The van der Waals surface area contributed by atoms with Crippen molar-refractivity contribution in [2.24, 2.45) is 0 Å². The van der Waals surface area contributed by atoms with E-state index >= 15 is 0 Å². The first-order valence-corrected chi connectivity index (χ1v) is 14.4. The van der Waals surface area contributed by atoms with Gasteiger partial charge < -0.3 is 23.7 Å². The molecule has 1 aliphatic heterocycles. The van der Waals surface area contributed by atoms with Gasteiger partial charge in [-0.3, -0.25) is 14.5 Å². The molecule has 42 heavy (non-hydrogen) atoms. The van der Waals surface area contributed by atoms with E-state index in [9.17, 15) is 14.4 Å². The number of likely N-dealkylation sites (tertiary alicyclic amines) is 1. The van der Waals surface area contributed by atoms with Gasteiger partial charge in [0.25, 0.3) is 0 Å². The van der Waals surface area contributed by atoms with Crippen LogP contribution < -0.4 is 0 Å². The van der Waals surface area contributed by atoms with Crippen LogP contribution in [0.25, 0.3) is 0 Å². The molecule has 0 N–H and O–H groups in total. The van der Waals surface area contributed by atoms with Gasteiger partial charge in [0.2, 0.25) is 3.79 Å². The largest absolute Gasteiger partial charge is 0.457 e. The fourth-order valence-electron chi connectivity index (χ4n) is 4.77. The highest BCUT2D eigenvalue weighted by Gasteiger charge is 2.55. The summed E-state index contributed by atoms with van der Waals surface area (Å²) in [4.78, 5) is 39.7.